The minimum Gasteiger partial charge on any atom is -0.497 e. The summed E-state index contributed by atoms with van der Waals surface area (Å²) in [5.74, 6) is 1.21. The van der Waals surface area contributed by atoms with Gasteiger partial charge in [0.15, 0.2) is 10.6 Å². The van der Waals surface area contributed by atoms with E-state index in [-0.39, 0.29) is 12.5 Å². The highest BCUT2D eigenvalue weighted by molar-refractivity contribution is 8.00. The van der Waals surface area contributed by atoms with Gasteiger partial charge >= 0.3 is 0 Å². The van der Waals surface area contributed by atoms with Gasteiger partial charge in [-0.25, -0.2) is 0 Å². The van der Waals surface area contributed by atoms with Gasteiger partial charge in [0, 0.05) is 21.4 Å². The highest BCUT2D eigenvalue weighted by Gasteiger charge is 2.16. The molecule has 0 spiro atoms. The van der Waals surface area contributed by atoms with Gasteiger partial charge in [-0.15, -0.1) is 11.8 Å². The molecule has 1 aliphatic rings. The lowest BCUT2D eigenvalue weighted by atomic mass is 10.2. The molecule has 1 aromatic heterocycles. The molecule has 1 heterocycles. The van der Waals surface area contributed by atoms with Crippen LogP contribution in [-0.2, 0) is 11.3 Å². The normalized spacial score (nSPS) is 14.0. The number of anilines is 1. The number of nitrogens with one attached hydrogen (secondary N) is 2. The molecule has 30 heavy (non-hydrogen) atoms. The molecule has 0 aliphatic heterocycles. The summed E-state index contributed by atoms with van der Waals surface area (Å²) in [5, 5.41) is 10.7. The van der Waals surface area contributed by atoms with Crippen molar-refractivity contribution in [3.8, 4) is 17.1 Å². The number of methoxy groups -OCH3 is 1. The number of aromatic amines is 1. The minimum absolute atomic E-state index is 0.0786. The molecule has 0 unspecified atom stereocenters. The average Bonchev–Trinajstić information content (AvgIpc) is 3.40. The van der Waals surface area contributed by atoms with Gasteiger partial charge in [0.1, 0.15) is 12.3 Å². The van der Waals surface area contributed by atoms with Crippen LogP contribution in [0.25, 0.3) is 11.4 Å². The second kappa shape index (κ2) is 9.49. The first-order valence-electron chi connectivity index (χ1n) is 9.98. The van der Waals surface area contributed by atoms with E-state index in [0.29, 0.717) is 10.6 Å². The minimum atomic E-state index is -0.154. The summed E-state index contributed by atoms with van der Waals surface area (Å²) in [4.78, 5) is 13.9. The van der Waals surface area contributed by atoms with Gasteiger partial charge in [0.25, 0.3) is 0 Å². The number of hydrogen-bond acceptors (Lipinski definition) is 5. The van der Waals surface area contributed by atoms with Crippen molar-refractivity contribution in [3.63, 3.8) is 0 Å². The number of hydrogen-bond donors (Lipinski definition) is 2. The van der Waals surface area contributed by atoms with Crippen molar-refractivity contribution >= 4 is 35.6 Å². The number of aromatic nitrogens is 3. The third-order valence-electron chi connectivity index (χ3n) is 5.15. The van der Waals surface area contributed by atoms with Gasteiger partial charge < -0.3 is 10.1 Å². The Labute approximate surface area is 185 Å². The number of carbonyl (C=O) groups excluding carboxylic acids is 1. The number of thioether (sulfide) groups is 1. The van der Waals surface area contributed by atoms with Crippen LogP contribution >= 0.6 is 24.0 Å². The maximum atomic E-state index is 12.6. The first-order chi connectivity index (χ1) is 14.6. The SMILES string of the molecule is COc1ccc(-c2n[nH]c(=S)n2CC(=O)Nc2ccc(SC3CCCC3)cc2)cc1. The van der Waals surface area contributed by atoms with E-state index in [0.717, 1.165) is 22.3 Å². The predicted octanol–water partition coefficient (Wildman–Crippen LogP) is 5.29. The Balaban J connectivity index is 1.41. The summed E-state index contributed by atoms with van der Waals surface area (Å²) in [7, 11) is 1.62. The largest absolute Gasteiger partial charge is 0.497 e. The zero-order chi connectivity index (χ0) is 20.9. The standard InChI is InChI=1S/C22H24N4O2S2/c1-28-17-10-6-15(7-11-17)21-24-25-22(29)26(21)14-20(27)23-16-8-12-19(13-9-16)30-18-4-2-3-5-18/h6-13,18H,2-5,14H2,1H3,(H,23,27)(H,25,29). The van der Waals surface area contributed by atoms with Crippen molar-refractivity contribution in [2.24, 2.45) is 0 Å². The molecule has 3 aromatic rings. The first kappa shape index (κ1) is 20.7. The molecule has 1 aliphatic carbocycles. The van der Waals surface area contributed by atoms with Crippen LogP contribution in [0.15, 0.2) is 53.4 Å². The number of nitrogens with zero attached hydrogens (tertiary/aromatic N) is 2. The molecule has 2 aromatic carbocycles. The van der Waals surface area contributed by atoms with E-state index < -0.39 is 0 Å². The lowest BCUT2D eigenvalue weighted by Gasteiger charge is -2.11. The maximum Gasteiger partial charge on any atom is 0.244 e. The van der Waals surface area contributed by atoms with Crippen LogP contribution in [0.1, 0.15) is 25.7 Å². The van der Waals surface area contributed by atoms with Crippen LogP contribution in [0, 0.1) is 4.77 Å². The molecular formula is C22H24N4O2S2. The molecule has 1 amide bonds. The molecule has 1 saturated carbocycles. The quantitative estimate of drug-likeness (QED) is 0.489. The molecular weight excluding hydrogens is 416 g/mol. The number of amides is 1. The number of carbonyl (C=O) groups is 1. The van der Waals surface area contributed by atoms with Crippen molar-refractivity contribution in [3.05, 3.63) is 53.3 Å². The van der Waals surface area contributed by atoms with Crippen molar-refractivity contribution in [2.45, 2.75) is 42.4 Å². The lowest BCUT2D eigenvalue weighted by molar-refractivity contribution is -0.116. The zero-order valence-electron chi connectivity index (χ0n) is 16.8. The van der Waals surface area contributed by atoms with E-state index in [1.807, 2.05) is 48.2 Å². The van der Waals surface area contributed by atoms with Crippen molar-refractivity contribution < 1.29 is 9.53 Å². The number of ether oxygens (including phenoxy) is 1. The van der Waals surface area contributed by atoms with Gasteiger partial charge in [0.05, 0.1) is 7.11 Å². The fourth-order valence-electron chi connectivity index (χ4n) is 3.58. The van der Waals surface area contributed by atoms with Gasteiger partial charge in [-0.3, -0.25) is 14.5 Å². The number of rotatable bonds is 7. The molecule has 2 N–H and O–H groups in total. The lowest BCUT2D eigenvalue weighted by Crippen LogP contribution is -2.19. The Kier molecular flexibility index (Phi) is 6.54. The van der Waals surface area contributed by atoms with Crippen LogP contribution in [-0.4, -0.2) is 33.0 Å². The van der Waals surface area contributed by atoms with Gasteiger partial charge in [-0.1, -0.05) is 12.8 Å². The van der Waals surface area contributed by atoms with Gasteiger partial charge in [-0.05, 0) is 73.6 Å². The van der Waals surface area contributed by atoms with Crippen molar-refractivity contribution in [2.75, 3.05) is 12.4 Å². The van der Waals surface area contributed by atoms with E-state index >= 15 is 0 Å². The van der Waals surface area contributed by atoms with Crippen LogP contribution < -0.4 is 10.1 Å². The highest BCUT2D eigenvalue weighted by Crippen LogP contribution is 2.35. The molecule has 0 saturated heterocycles. The summed E-state index contributed by atoms with van der Waals surface area (Å²) < 4.78 is 7.29. The molecule has 6 nitrogen and oxygen atoms in total. The molecule has 0 atom stereocenters. The van der Waals surface area contributed by atoms with Gasteiger partial charge in [0.2, 0.25) is 5.91 Å². The number of benzene rings is 2. The highest BCUT2D eigenvalue weighted by atomic mass is 32.2. The van der Waals surface area contributed by atoms with Crippen LogP contribution in [0.5, 0.6) is 5.75 Å². The predicted molar refractivity (Wildman–Crippen MR) is 123 cm³/mol. The Morgan fingerprint density at radius 2 is 1.90 bits per heavy atom. The fourth-order valence-corrected chi connectivity index (χ4v) is 5.03. The third-order valence-corrected chi connectivity index (χ3v) is 6.81. The molecule has 0 radical (unpaired) electrons. The van der Waals surface area contributed by atoms with Crippen molar-refractivity contribution in [1.82, 2.24) is 14.8 Å². The van der Waals surface area contributed by atoms with Crippen LogP contribution in [0.2, 0.25) is 0 Å². The first-order valence-corrected chi connectivity index (χ1v) is 11.3. The third kappa shape index (κ3) is 4.94. The van der Waals surface area contributed by atoms with E-state index in [1.54, 1.807) is 11.7 Å². The second-order valence-corrected chi connectivity index (χ2v) is 9.02. The topological polar surface area (TPSA) is 71.9 Å². The Morgan fingerprint density at radius 1 is 1.20 bits per heavy atom. The second-order valence-electron chi connectivity index (χ2n) is 7.26. The van der Waals surface area contributed by atoms with E-state index in [1.165, 1.54) is 30.6 Å². The summed E-state index contributed by atoms with van der Waals surface area (Å²) >= 11 is 7.26. The summed E-state index contributed by atoms with van der Waals surface area (Å²) in [6, 6.07) is 15.5. The zero-order valence-corrected chi connectivity index (χ0v) is 18.4. The van der Waals surface area contributed by atoms with Gasteiger partial charge in [-0.2, -0.15) is 5.10 Å². The molecule has 4 rings (SSSR count). The smallest absolute Gasteiger partial charge is 0.244 e. The van der Waals surface area contributed by atoms with Crippen molar-refractivity contribution in [1.29, 1.82) is 0 Å². The van der Waals surface area contributed by atoms with Crippen LogP contribution in [0.3, 0.4) is 0 Å². The maximum absolute atomic E-state index is 12.6. The molecule has 156 valence electrons. The summed E-state index contributed by atoms with van der Waals surface area (Å²) in [6.45, 7) is 0.0786. The Hall–Kier alpha value is -2.58. The average molecular weight is 441 g/mol. The Bertz CT molecular complexity index is 1050. The monoisotopic (exact) mass is 440 g/mol. The van der Waals surface area contributed by atoms with E-state index in [9.17, 15) is 4.79 Å². The Morgan fingerprint density at radius 3 is 2.57 bits per heavy atom. The molecule has 8 heteroatoms. The number of H-pyrrole nitrogens is 1. The van der Waals surface area contributed by atoms with Crippen LogP contribution in [0.4, 0.5) is 5.69 Å². The molecule has 0 bridgehead atoms. The van der Waals surface area contributed by atoms with E-state index in [2.05, 4.69) is 27.6 Å². The summed E-state index contributed by atoms with van der Waals surface area (Å²) in [5.41, 5.74) is 1.63. The molecule has 1 fully saturated rings. The van der Waals surface area contributed by atoms with E-state index in [4.69, 9.17) is 17.0 Å². The summed E-state index contributed by atoms with van der Waals surface area (Å²) in [6.07, 6.45) is 5.26. The fraction of sp³-hybridized carbons (Fsp3) is 0.318.